The summed E-state index contributed by atoms with van der Waals surface area (Å²) >= 11 is 0. The summed E-state index contributed by atoms with van der Waals surface area (Å²) in [5, 5.41) is 1.38. The SMILES string of the molecule is COc1ccc(/C(C)=C/n2c3c(c4cc(C)ccc42)CN(C)CC3)cn1. The lowest BCUT2D eigenvalue weighted by Crippen LogP contribution is -2.26. The number of hydrogen-bond acceptors (Lipinski definition) is 3. The van der Waals surface area contributed by atoms with Gasteiger partial charge in [0.25, 0.3) is 0 Å². The predicted octanol–water partition coefficient (Wildman–Crippen LogP) is 4.36. The number of hydrogen-bond donors (Lipinski definition) is 0. The molecule has 0 atom stereocenters. The second-order valence-electron chi connectivity index (χ2n) is 7.20. The van der Waals surface area contributed by atoms with E-state index in [0.29, 0.717) is 5.88 Å². The molecule has 3 aromatic rings. The molecular weight excluding hydrogens is 322 g/mol. The molecule has 0 N–H and O–H groups in total. The lowest BCUT2D eigenvalue weighted by molar-refractivity contribution is 0.312. The highest BCUT2D eigenvalue weighted by Crippen LogP contribution is 2.32. The van der Waals surface area contributed by atoms with Gasteiger partial charge in [-0.1, -0.05) is 11.6 Å². The van der Waals surface area contributed by atoms with E-state index in [4.69, 9.17) is 4.74 Å². The molecule has 0 fully saturated rings. The molecule has 26 heavy (non-hydrogen) atoms. The molecule has 0 spiro atoms. The molecule has 0 saturated carbocycles. The van der Waals surface area contributed by atoms with Gasteiger partial charge >= 0.3 is 0 Å². The second kappa shape index (κ2) is 6.61. The maximum atomic E-state index is 5.17. The van der Waals surface area contributed by atoms with Crippen molar-refractivity contribution in [2.24, 2.45) is 0 Å². The van der Waals surface area contributed by atoms with E-state index in [2.05, 4.69) is 65.8 Å². The Morgan fingerprint density at radius 1 is 1.23 bits per heavy atom. The number of ether oxygens (including phenoxy) is 1. The summed E-state index contributed by atoms with van der Waals surface area (Å²) < 4.78 is 7.55. The van der Waals surface area contributed by atoms with E-state index in [1.165, 1.54) is 33.3 Å². The van der Waals surface area contributed by atoms with Crippen molar-refractivity contribution in [2.45, 2.75) is 26.8 Å². The molecular formula is C22H25N3O. The lowest BCUT2D eigenvalue weighted by atomic mass is 10.0. The number of aryl methyl sites for hydroxylation is 1. The Labute approximate surface area is 154 Å². The number of fused-ring (bicyclic) bond motifs is 3. The number of pyridine rings is 1. The van der Waals surface area contributed by atoms with Crippen LogP contribution in [0, 0.1) is 6.92 Å². The number of rotatable bonds is 3. The minimum absolute atomic E-state index is 0.642. The van der Waals surface area contributed by atoms with Crippen LogP contribution in [0.2, 0.25) is 0 Å². The Morgan fingerprint density at radius 3 is 2.81 bits per heavy atom. The number of aromatic nitrogens is 2. The van der Waals surface area contributed by atoms with Gasteiger partial charge < -0.3 is 14.2 Å². The third-order valence-electron chi connectivity index (χ3n) is 5.26. The summed E-state index contributed by atoms with van der Waals surface area (Å²) in [4.78, 5) is 6.74. The zero-order valence-electron chi connectivity index (χ0n) is 15.9. The first-order chi connectivity index (χ1) is 12.6. The Hall–Kier alpha value is -2.59. The van der Waals surface area contributed by atoms with Crippen LogP contribution in [-0.2, 0) is 13.0 Å². The van der Waals surface area contributed by atoms with E-state index >= 15 is 0 Å². The van der Waals surface area contributed by atoms with Gasteiger partial charge in [0.15, 0.2) is 0 Å². The van der Waals surface area contributed by atoms with Crippen LogP contribution in [-0.4, -0.2) is 35.2 Å². The van der Waals surface area contributed by atoms with Gasteiger partial charge in [-0.3, -0.25) is 0 Å². The molecule has 4 nitrogen and oxygen atoms in total. The van der Waals surface area contributed by atoms with Crippen molar-refractivity contribution < 1.29 is 4.74 Å². The van der Waals surface area contributed by atoms with Crippen molar-refractivity contribution in [1.29, 1.82) is 0 Å². The summed E-state index contributed by atoms with van der Waals surface area (Å²) in [7, 11) is 3.84. The molecule has 0 radical (unpaired) electrons. The molecule has 2 aromatic heterocycles. The molecule has 0 bridgehead atoms. The predicted molar refractivity (Wildman–Crippen MR) is 107 cm³/mol. The Bertz CT molecular complexity index is 983. The van der Waals surface area contributed by atoms with Crippen molar-refractivity contribution >= 4 is 22.7 Å². The van der Waals surface area contributed by atoms with E-state index in [0.717, 1.165) is 25.1 Å². The molecule has 4 heteroatoms. The summed E-state index contributed by atoms with van der Waals surface area (Å²) in [5.41, 5.74) is 7.81. The molecule has 0 saturated heterocycles. The number of methoxy groups -OCH3 is 1. The van der Waals surface area contributed by atoms with E-state index in [-0.39, 0.29) is 0 Å². The van der Waals surface area contributed by atoms with Gasteiger partial charge in [0.2, 0.25) is 5.88 Å². The quantitative estimate of drug-likeness (QED) is 0.705. The lowest BCUT2D eigenvalue weighted by Gasteiger charge is -2.23. The van der Waals surface area contributed by atoms with Crippen molar-refractivity contribution in [3.8, 4) is 5.88 Å². The van der Waals surface area contributed by atoms with Gasteiger partial charge in [-0.05, 0) is 55.8 Å². The first-order valence-electron chi connectivity index (χ1n) is 9.06. The van der Waals surface area contributed by atoms with Crippen molar-refractivity contribution in [1.82, 2.24) is 14.5 Å². The fraction of sp³-hybridized carbons (Fsp3) is 0.318. The third kappa shape index (κ3) is 2.90. The Morgan fingerprint density at radius 2 is 2.08 bits per heavy atom. The van der Waals surface area contributed by atoms with Gasteiger partial charge in [0, 0.05) is 49.1 Å². The minimum Gasteiger partial charge on any atom is -0.481 e. The number of likely N-dealkylation sites (N-methyl/N-ethyl adjacent to an activating group) is 1. The first kappa shape index (κ1) is 16.9. The first-order valence-corrected chi connectivity index (χ1v) is 9.06. The summed E-state index contributed by atoms with van der Waals surface area (Å²) in [5.74, 6) is 0.642. The largest absolute Gasteiger partial charge is 0.481 e. The highest BCUT2D eigenvalue weighted by molar-refractivity contribution is 5.90. The molecule has 134 valence electrons. The van der Waals surface area contributed by atoms with E-state index in [1.807, 2.05) is 12.3 Å². The Kier molecular flexibility index (Phi) is 4.29. The highest BCUT2D eigenvalue weighted by atomic mass is 16.5. The number of allylic oxidation sites excluding steroid dienone is 1. The van der Waals surface area contributed by atoms with Gasteiger partial charge in [-0.15, -0.1) is 0 Å². The van der Waals surface area contributed by atoms with Crippen LogP contribution < -0.4 is 4.74 Å². The zero-order valence-corrected chi connectivity index (χ0v) is 15.9. The number of benzene rings is 1. The van der Waals surface area contributed by atoms with E-state index in [1.54, 1.807) is 7.11 Å². The van der Waals surface area contributed by atoms with E-state index < -0.39 is 0 Å². The molecule has 1 aliphatic heterocycles. The highest BCUT2D eigenvalue weighted by Gasteiger charge is 2.21. The smallest absolute Gasteiger partial charge is 0.212 e. The van der Waals surface area contributed by atoms with Gasteiger partial charge in [-0.2, -0.15) is 0 Å². The fourth-order valence-corrected chi connectivity index (χ4v) is 3.79. The molecule has 3 heterocycles. The van der Waals surface area contributed by atoms with Gasteiger partial charge in [0.1, 0.15) is 0 Å². The molecule has 0 unspecified atom stereocenters. The van der Waals surface area contributed by atoms with E-state index in [9.17, 15) is 0 Å². The average molecular weight is 347 g/mol. The average Bonchev–Trinajstić information content (AvgIpc) is 2.94. The molecule has 1 aromatic carbocycles. The summed E-state index contributed by atoms with van der Waals surface area (Å²) in [6, 6.07) is 10.7. The molecule has 0 aliphatic carbocycles. The Balaban J connectivity index is 1.85. The topological polar surface area (TPSA) is 30.3 Å². The monoisotopic (exact) mass is 347 g/mol. The van der Waals surface area contributed by atoms with Crippen molar-refractivity contribution in [3.63, 3.8) is 0 Å². The number of nitrogens with zero attached hydrogens (tertiary/aromatic N) is 3. The summed E-state index contributed by atoms with van der Waals surface area (Å²) in [6.07, 6.45) is 5.20. The second-order valence-corrected chi connectivity index (χ2v) is 7.20. The van der Waals surface area contributed by atoms with Crippen molar-refractivity contribution in [2.75, 3.05) is 20.7 Å². The third-order valence-corrected chi connectivity index (χ3v) is 5.26. The maximum Gasteiger partial charge on any atom is 0.212 e. The minimum atomic E-state index is 0.642. The summed E-state index contributed by atoms with van der Waals surface area (Å²) in [6.45, 7) is 6.42. The normalized spacial score (nSPS) is 15.3. The van der Waals surface area contributed by atoms with Crippen LogP contribution in [0.5, 0.6) is 5.88 Å². The van der Waals surface area contributed by atoms with Crippen LogP contribution in [0.3, 0.4) is 0 Å². The van der Waals surface area contributed by atoms with Crippen LogP contribution in [0.1, 0.15) is 29.3 Å². The van der Waals surface area contributed by atoms with Crippen LogP contribution in [0.4, 0.5) is 0 Å². The van der Waals surface area contributed by atoms with Gasteiger partial charge in [-0.25, -0.2) is 4.98 Å². The van der Waals surface area contributed by atoms with Gasteiger partial charge in [0.05, 0.1) is 12.6 Å². The molecule has 1 aliphatic rings. The van der Waals surface area contributed by atoms with Crippen LogP contribution >= 0.6 is 0 Å². The molecule has 0 amide bonds. The molecule has 4 rings (SSSR count). The maximum absolute atomic E-state index is 5.17. The van der Waals surface area contributed by atoms with Crippen LogP contribution in [0.15, 0.2) is 36.5 Å². The fourth-order valence-electron chi connectivity index (χ4n) is 3.79. The van der Waals surface area contributed by atoms with Crippen LogP contribution in [0.25, 0.3) is 22.7 Å². The zero-order chi connectivity index (χ0) is 18.3. The van der Waals surface area contributed by atoms with Crippen molar-refractivity contribution in [3.05, 3.63) is 58.9 Å². The standard InChI is InChI=1S/C22H25N3O/c1-15-5-7-20-18(11-15)19-14-24(3)10-9-21(19)25(20)13-16(2)17-6-8-22(26-4)23-12-17/h5-8,11-13H,9-10,14H2,1-4H3/b16-13+.